The molecule has 6 heteroatoms. The summed E-state index contributed by atoms with van der Waals surface area (Å²) in [6.07, 6.45) is 10.4. The fraction of sp³-hybridized carbons (Fsp3) is 0.905. The number of nitrogens with one attached hydrogen (secondary N) is 2. The number of carbonyl (C=O) groups excluding carboxylic acids is 2. The Hall–Kier alpha value is -1.14. The van der Waals surface area contributed by atoms with Crippen LogP contribution in [0.15, 0.2) is 0 Å². The third-order valence-corrected chi connectivity index (χ3v) is 7.03. The quantitative estimate of drug-likeness (QED) is 0.602. The molecule has 0 unspecified atom stereocenters. The van der Waals surface area contributed by atoms with E-state index in [1.54, 1.807) is 0 Å². The molecule has 1 heterocycles. The van der Waals surface area contributed by atoms with Gasteiger partial charge in [-0.15, -0.1) is 0 Å². The fourth-order valence-electron chi connectivity index (χ4n) is 6.35. The molecule has 27 heavy (non-hydrogen) atoms. The van der Waals surface area contributed by atoms with Crippen molar-refractivity contribution >= 4 is 11.8 Å². The molecular weight excluding hydrogens is 344 g/mol. The number of rotatable bonds is 9. The normalized spacial score (nSPS) is 36.7. The third-order valence-electron chi connectivity index (χ3n) is 7.03. The van der Waals surface area contributed by atoms with Crippen LogP contribution in [0.2, 0.25) is 0 Å². The van der Waals surface area contributed by atoms with E-state index >= 15 is 0 Å². The zero-order valence-electron chi connectivity index (χ0n) is 16.3. The Morgan fingerprint density at radius 2 is 1.70 bits per heavy atom. The van der Waals surface area contributed by atoms with Gasteiger partial charge in [-0.1, -0.05) is 0 Å². The van der Waals surface area contributed by atoms with Gasteiger partial charge in [0.25, 0.3) is 0 Å². The number of hydrogen-bond donors (Lipinski definition) is 2. The van der Waals surface area contributed by atoms with Crippen molar-refractivity contribution < 1.29 is 19.1 Å². The van der Waals surface area contributed by atoms with Gasteiger partial charge in [-0.05, 0) is 74.5 Å². The van der Waals surface area contributed by atoms with Gasteiger partial charge in [-0.2, -0.15) is 0 Å². The van der Waals surface area contributed by atoms with Gasteiger partial charge in [0.1, 0.15) is 0 Å². The minimum Gasteiger partial charge on any atom is -0.379 e. The Labute approximate surface area is 162 Å². The van der Waals surface area contributed by atoms with E-state index in [4.69, 9.17) is 9.47 Å². The highest BCUT2D eigenvalue weighted by molar-refractivity contribution is 5.84. The molecule has 4 aliphatic carbocycles. The Kier molecular flexibility index (Phi) is 6.02. The predicted octanol–water partition coefficient (Wildman–Crippen LogP) is 2.02. The van der Waals surface area contributed by atoms with Crippen molar-refractivity contribution in [2.24, 2.45) is 23.2 Å². The zero-order chi connectivity index (χ0) is 18.7. The summed E-state index contributed by atoms with van der Waals surface area (Å²) >= 11 is 0. The van der Waals surface area contributed by atoms with E-state index in [0.29, 0.717) is 26.2 Å². The highest BCUT2D eigenvalue weighted by atomic mass is 16.5. The molecule has 1 saturated heterocycles. The number of ether oxygens (including phenoxy) is 2. The van der Waals surface area contributed by atoms with Crippen molar-refractivity contribution in [2.75, 3.05) is 32.9 Å². The van der Waals surface area contributed by atoms with E-state index in [0.717, 1.165) is 37.2 Å². The first-order chi connectivity index (χ1) is 13.1. The summed E-state index contributed by atoms with van der Waals surface area (Å²) < 4.78 is 10.9. The van der Waals surface area contributed by atoms with Crippen molar-refractivity contribution in [1.29, 1.82) is 0 Å². The highest BCUT2D eigenvalue weighted by Gasteiger charge is 2.51. The lowest BCUT2D eigenvalue weighted by molar-refractivity contribution is -0.131. The molecule has 4 saturated carbocycles. The van der Waals surface area contributed by atoms with Crippen LogP contribution in [-0.2, 0) is 19.1 Å². The average molecular weight is 379 g/mol. The van der Waals surface area contributed by atoms with Crippen molar-refractivity contribution in [3.8, 4) is 0 Å². The van der Waals surface area contributed by atoms with Gasteiger partial charge in [0.15, 0.2) is 0 Å². The van der Waals surface area contributed by atoms with Crippen LogP contribution < -0.4 is 10.6 Å². The summed E-state index contributed by atoms with van der Waals surface area (Å²) in [6, 6.07) is 0. The Morgan fingerprint density at radius 3 is 2.33 bits per heavy atom. The molecular formula is C21H34N2O4. The minimum atomic E-state index is -0.113. The lowest BCUT2D eigenvalue weighted by atomic mass is 9.49. The summed E-state index contributed by atoms with van der Waals surface area (Å²) in [4.78, 5) is 24.4. The molecule has 4 bridgehead atoms. The third kappa shape index (κ3) is 5.02. The molecule has 0 radical (unpaired) electrons. The molecule has 2 N–H and O–H groups in total. The lowest BCUT2D eigenvalue weighted by Gasteiger charge is -2.56. The van der Waals surface area contributed by atoms with Gasteiger partial charge in [-0.3, -0.25) is 9.59 Å². The van der Waals surface area contributed by atoms with Crippen LogP contribution in [0.3, 0.4) is 0 Å². The van der Waals surface area contributed by atoms with Gasteiger partial charge in [0.05, 0.1) is 19.3 Å². The summed E-state index contributed by atoms with van der Waals surface area (Å²) in [7, 11) is 0. The van der Waals surface area contributed by atoms with Gasteiger partial charge < -0.3 is 20.1 Å². The Balaban J connectivity index is 1.09. The molecule has 0 spiro atoms. The minimum absolute atomic E-state index is 0.0525. The van der Waals surface area contributed by atoms with Crippen LogP contribution in [0.4, 0.5) is 0 Å². The summed E-state index contributed by atoms with van der Waals surface area (Å²) in [5.41, 5.74) is 0.233. The standard InChI is InChI=1S/C21H34N2O4/c24-19(12-21-9-15-6-16(10-21)8-17(7-15)11-21)23-13-20(25)22-3-1-4-27-18-2-5-26-14-18/h15-18H,1-14H2,(H,22,25)(H,23,24)/t15?,16?,17?,18-,21?/m0/s1. The molecule has 1 atom stereocenters. The van der Waals surface area contributed by atoms with E-state index in [1.807, 2.05) is 0 Å². The topological polar surface area (TPSA) is 76.7 Å². The molecule has 5 rings (SSSR count). The smallest absolute Gasteiger partial charge is 0.239 e. The number of carbonyl (C=O) groups is 2. The van der Waals surface area contributed by atoms with Crippen molar-refractivity contribution in [3.63, 3.8) is 0 Å². The summed E-state index contributed by atoms with van der Waals surface area (Å²) in [6.45, 7) is 2.76. The second-order valence-electron chi connectivity index (χ2n) is 9.43. The van der Waals surface area contributed by atoms with E-state index in [2.05, 4.69) is 10.6 Å². The molecule has 1 aliphatic heterocycles. The summed E-state index contributed by atoms with van der Waals surface area (Å²) in [5, 5.41) is 5.70. The molecule has 0 aromatic carbocycles. The monoisotopic (exact) mass is 378 g/mol. The van der Waals surface area contributed by atoms with Crippen LogP contribution in [0, 0.1) is 23.2 Å². The molecule has 6 nitrogen and oxygen atoms in total. The van der Waals surface area contributed by atoms with Crippen LogP contribution in [0.1, 0.15) is 57.8 Å². The van der Waals surface area contributed by atoms with Crippen LogP contribution in [0.25, 0.3) is 0 Å². The maximum atomic E-state index is 12.4. The van der Waals surface area contributed by atoms with Gasteiger partial charge >= 0.3 is 0 Å². The maximum absolute atomic E-state index is 12.4. The van der Waals surface area contributed by atoms with E-state index in [-0.39, 0.29) is 29.9 Å². The second-order valence-corrected chi connectivity index (χ2v) is 9.43. The molecule has 2 amide bonds. The first kappa shape index (κ1) is 19.2. The van der Waals surface area contributed by atoms with Crippen LogP contribution in [0.5, 0.6) is 0 Å². The highest BCUT2D eigenvalue weighted by Crippen LogP contribution is 2.61. The average Bonchev–Trinajstić information content (AvgIpc) is 3.11. The van der Waals surface area contributed by atoms with E-state index < -0.39 is 0 Å². The van der Waals surface area contributed by atoms with E-state index in [9.17, 15) is 9.59 Å². The number of amides is 2. The number of hydrogen-bond acceptors (Lipinski definition) is 4. The zero-order valence-corrected chi connectivity index (χ0v) is 16.3. The predicted molar refractivity (Wildman–Crippen MR) is 101 cm³/mol. The van der Waals surface area contributed by atoms with Gasteiger partial charge in [0.2, 0.25) is 11.8 Å². The SMILES string of the molecule is O=C(CNC(=O)CC12CC3CC(CC(C3)C1)C2)NCCCO[C@H]1CCOC1. The molecule has 0 aromatic heterocycles. The maximum Gasteiger partial charge on any atom is 0.239 e. The fourth-order valence-corrected chi connectivity index (χ4v) is 6.35. The van der Waals surface area contributed by atoms with Crippen LogP contribution >= 0.6 is 0 Å². The van der Waals surface area contributed by atoms with Crippen LogP contribution in [-0.4, -0.2) is 50.8 Å². The molecule has 0 aromatic rings. The molecule has 5 fully saturated rings. The first-order valence-corrected chi connectivity index (χ1v) is 10.8. The van der Waals surface area contributed by atoms with Crippen molar-refractivity contribution in [3.05, 3.63) is 0 Å². The Morgan fingerprint density at radius 1 is 1.00 bits per heavy atom. The van der Waals surface area contributed by atoms with E-state index in [1.165, 1.54) is 38.5 Å². The largest absolute Gasteiger partial charge is 0.379 e. The van der Waals surface area contributed by atoms with Gasteiger partial charge in [-0.25, -0.2) is 0 Å². The summed E-state index contributed by atoms with van der Waals surface area (Å²) in [5.74, 6) is 2.50. The molecule has 152 valence electrons. The van der Waals surface area contributed by atoms with Crippen molar-refractivity contribution in [1.82, 2.24) is 10.6 Å². The first-order valence-electron chi connectivity index (χ1n) is 10.8. The Bertz CT molecular complexity index is 509. The lowest BCUT2D eigenvalue weighted by Crippen LogP contribution is -2.48. The van der Waals surface area contributed by atoms with Crippen molar-refractivity contribution in [2.45, 2.75) is 63.9 Å². The van der Waals surface area contributed by atoms with Gasteiger partial charge in [0, 0.05) is 26.2 Å². The molecule has 5 aliphatic rings. The second kappa shape index (κ2) is 8.48.